The number of hydrogen-bond donors (Lipinski definition) is 3. The summed E-state index contributed by atoms with van der Waals surface area (Å²) >= 11 is 0. The highest BCUT2D eigenvalue weighted by Gasteiger charge is 2.22. The number of benzene rings is 1. The fourth-order valence-electron chi connectivity index (χ4n) is 2.09. The first-order valence-electron chi connectivity index (χ1n) is 5.22. The summed E-state index contributed by atoms with van der Waals surface area (Å²) < 4.78 is 0. The van der Waals surface area contributed by atoms with Gasteiger partial charge in [-0.2, -0.15) is 0 Å². The summed E-state index contributed by atoms with van der Waals surface area (Å²) in [5.41, 5.74) is 7.77. The number of carbonyl (C=O) groups excluding carboxylic acids is 1. The molecule has 1 aliphatic heterocycles. The molecule has 1 aromatic rings. The molecule has 1 atom stereocenters. The summed E-state index contributed by atoms with van der Waals surface area (Å²) in [6.07, 6.45) is 1.10. The molecule has 0 saturated carbocycles. The van der Waals surface area contributed by atoms with E-state index in [9.17, 15) is 4.79 Å². The minimum atomic E-state index is -0.452. The fourth-order valence-corrected chi connectivity index (χ4v) is 2.09. The summed E-state index contributed by atoms with van der Waals surface area (Å²) in [7, 11) is 0. The van der Waals surface area contributed by atoms with Gasteiger partial charge >= 0.3 is 6.03 Å². The number of nitrogens with one attached hydrogen (secondary N) is 1. The van der Waals surface area contributed by atoms with E-state index < -0.39 is 6.03 Å². The van der Waals surface area contributed by atoms with Crippen LogP contribution in [-0.2, 0) is 6.42 Å². The minimum Gasteiger partial charge on any atom is -0.352 e. The molecular formula is C11H16N3O+. The smallest absolute Gasteiger partial charge is 0.312 e. The highest BCUT2D eigenvalue weighted by Crippen LogP contribution is 2.17. The second-order valence-electron chi connectivity index (χ2n) is 3.82. The molecule has 1 aliphatic rings. The monoisotopic (exact) mass is 206 g/mol. The number of hydrogen-bond acceptors (Lipinski definition) is 1. The molecule has 0 bridgehead atoms. The maximum atomic E-state index is 10.7. The van der Waals surface area contributed by atoms with E-state index in [0.717, 1.165) is 13.0 Å². The Morgan fingerprint density at radius 1 is 1.53 bits per heavy atom. The molecule has 1 aromatic carbocycles. The molecule has 4 heteroatoms. The number of amides is 2. The Morgan fingerprint density at radius 2 is 2.33 bits per heavy atom. The van der Waals surface area contributed by atoms with E-state index >= 15 is 0 Å². The van der Waals surface area contributed by atoms with Crippen molar-refractivity contribution in [2.75, 3.05) is 13.1 Å². The number of rotatable bonds is 2. The highest BCUT2D eigenvalue weighted by atomic mass is 16.2. The Labute approximate surface area is 88.9 Å². The molecule has 0 aliphatic carbocycles. The van der Waals surface area contributed by atoms with Crippen molar-refractivity contribution < 1.29 is 10.1 Å². The quantitative estimate of drug-likeness (QED) is 0.600. The number of quaternary nitrogens is 1. The van der Waals surface area contributed by atoms with Crippen molar-refractivity contribution in [1.29, 1.82) is 0 Å². The number of primary amides is 1. The van der Waals surface area contributed by atoms with Crippen LogP contribution in [0.15, 0.2) is 24.3 Å². The van der Waals surface area contributed by atoms with Gasteiger partial charge in [0.25, 0.3) is 0 Å². The number of nitrogens with two attached hydrogens (primary N) is 2. The van der Waals surface area contributed by atoms with Crippen LogP contribution in [0.5, 0.6) is 0 Å². The summed E-state index contributed by atoms with van der Waals surface area (Å²) in [5.74, 6) is 0. The number of carbonyl (C=O) groups is 1. The van der Waals surface area contributed by atoms with Gasteiger partial charge in [0.15, 0.2) is 0 Å². The van der Waals surface area contributed by atoms with Crippen LogP contribution in [0, 0.1) is 0 Å². The van der Waals surface area contributed by atoms with E-state index in [1.54, 1.807) is 0 Å². The van der Waals surface area contributed by atoms with Gasteiger partial charge in [0.2, 0.25) is 0 Å². The van der Waals surface area contributed by atoms with Gasteiger partial charge in [-0.15, -0.1) is 0 Å². The molecule has 0 aromatic heterocycles. The van der Waals surface area contributed by atoms with Crippen LogP contribution < -0.4 is 16.4 Å². The lowest BCUT2D eigenvalue weighted by atomic mass is 9.94. The van der Waals surface area contributed by atoms with Gasteiger partial charge < -0.3 is 16.4 Å². The zero-order valence-corrected chi connectivity index (χ0v) is 8.57. The number of urea groups is 1. The molecule has 15 heavy (non-hydrogen) atoms. The van der Waals surface area contributed by atoms with Crippen LogP contribution in [0.4, 0.5) is 4.79 Å². The number of fused-ring (bicyclic) bond motifs is 1. The molecule has 0 radical (unpaired) electrons. The summed E-state index contributed by atoms with van der Waals surface area (Å²) in [6.45, 7) is 1.68. The third-order valence-electron chi connectivity index (χ3n) is 2.82. The van der Waals surface area contributed by atoms with Gasteiger partial charge in [0.05, 0.1) is 13.1 Å². The fraction of sp³-hybridized carbons (Fsp3) is 0.364. The van der Waals surface area contributed by atoms with E-state index in [1.807, 2.05) is 6.07 Å². The first-order valence-corrected chi connectivity index (χ1v) is 5.22. The van der Waals surface area contributed by atoms with Crippen LogP contribution >= 0.6 is 0 Å². The van der Waals surface area contributed by atoms with Crippen molar-refractivity contribution in [3.8, 4) is 0 Å². The maximum Gasteiger partial charge on any atom is 0.312 e. The zero-order chi connectivity index (χ0) is 10.7. The molecule has 5 N–H and O–H groups in total. The molecule has 4 nitrogen and oxygen atoms in total. The molecule has 0 unspecified atom stereocenters. The third-order valence-corrected chi connectivity index (χ3v) is 2.82. The van der Waals surface area contributed by atoms with Crippen molar-refractivity contribution in [1.82, 2.24) is 5.32 Å². The average Bonchev–Trinajstić information content (AvgIpc) is 2.26. The minimum absolute atomic E-state index is 0.308. The third kappa shape index (κ3) is 2.27. The van der Waals surface area contributed by atoms with Gasteiger partial charge in [0, 0.05) is 12.0 Å². The zero-order valence-electron chi connectivity index (χ0n) is 8.57. The second-order valence-corrected chi connectivity index (χ2v) is 3.82. The largest absolute Gasteiger partial charge is 0.352 e. The van der Waals surface area contributed by atoms with Crippen LogP contribution in [0.2, 0.25) is 0 Å². The van der Waals surface area contributed by atoms with E-state index in [4.69, 9.17) is 5.73 Å². The lowest BCUT2D eigenvalue weighted by Crippen LogP contribution is -2.88. The predicted molar refractivity (Wildman–Crippen MR) is 57.3 cm³/mol. The summed E-state index contributed by atoms with van der Waals surface area (Å²) in [5, 5.41) is 4.91. The lowest BCUT2D eigenvalue weighted by Gasteiger charge is -2.23. The molecule has 2 amide bonds. The Kier molecular flexibility index (Phi) is 2.87. The molecule has 2 rings (SSSR count). The average molecular weight is 206 g/mol. The molecular weight excluding hydrogens is 190 g/mol. The van der Waals surface area contributed by atoms with Crippen molar-refractivity contribution in [2.24, 2.45) is 5.73 Å². The van der Waals surface area contributed by atoms with Crippen LogP contribution in [0.25, 0.3) is 0 Å². The second kappa shape index (κ2) is 4.31. The molecule has 1 heterocycles. The first kappa shape index (κ1) is 9.98. The lowest BCUT2D eigenvalue weighted by molar-refractivity contribution is -0.697. The van der Waals surface area contributed by atoms with Gasteiger partial charge in [-0.25, -0.2) is 4.79 Å². The Morgan fingerprint density at radius 3 is 3.13 bits per heavy atom. The summed E-state index contributed by atoms with van der Waals surface area (Å²) in [4.78, 5) is 10.7. The standard InChI is InChI=1S/C11H15N3O/c12-11(15)14-7-10-9-4-2-1-3-8(9)5-6-13-10/h1-4,10,13H,5-7H2,(H3,12,14,15)/p+1/t10-/m0/s1. The normalized spacial score (nSPS) is 19.3. The van der Waals surface area contributed by atoms with Gasteiger partial charge in [-0.3, -0.25) is 0 Å². The Balaban J connectivity index is 2.11. The van der Waals surface area contributed by atoms with Crippen molar-refractivity contribution in [2.45, 2.75) is 12.5 Å². The first-order chi connectivity index (χ1) is 7.27. The van der Waals surface area contributed by atoms with Crippen molar-refractivity contribution in [3.63, 3.8) is 0 Å². The predicted octanol–water partition coefficient (Wildman–Crippen LogP) is -0.484. The Hall–Kier alpha value is -1.55. The van der Waals surface area contributed by atoms with Crippen molar-refractivity contribution >= 4 is 6.03 Å². The SMILES string of the molecule is NC(=O)NC[C@@H]1[NH2+]CCc2ccccc21. The van der Waals surface area contributed by atoms with E-state index in [2.05, 4.69) is 28.8 Å². The topological polar surface area (TPSA) is 71.7 Å². The Bertz CT molecular complexity index is 365. The van der Waals surface area contributed by atoms with Crippen LogP contribution in [-0.4, -0.2) is 19.1 Å². The van der Waals surface area contributed by atoms with Crippen molar-refractivity contribution in [3.05, 3.63) is 35.4 Å². The van der Waals surface area contributed by atoms with Gasteiger partial charge in [-0.1, -0.05) is 24.3 Å². The van der Waals surface area contributed by atoms with E-state index in [-0.39, 0.29) is 0 Å². The molecule has 80 valence electrons. The molecule has 0 saturated heterocycles. The van der Waals surface area contributed by atoms with Crippen LogP contribution in [0.1, 0.15) is 17.2 Å². The molecule has 0 fully saturated rings. The van der Waals surface area contributed by atoms with E-state index in [1.165, 1.54) is 11.1 Å². The van der Waals surface area contributed by atoms with Gasteiger partial charge in [0.1, 0.15) is 6.04 Å². The molecule has 0 spiro atoms. The maximum absolute atomic E-state index is 10.7. The van der Waals surface area contributed by atoms with E-state index in [0.29, 0.717) is 12.6 Å². The van der Waals surface area contributed by atoms with Gasteiger partial charge in [-0.05, 0) is 5.56 Å². The highest BCUT2D eigenvalue weighted by molar-refractivity contribution is 5.71. The van der Waals surface area contributed by atoms with Crippen LogP contribution in [0.3, 0.4) is 0 Å². The summed E-state index contributed by atoms with van der Waals surface area (Å²) in [6, 6.07) is 8.23.